The number of nitrogens with zero attached hydrogens (tertiary/aromatic N) is 2. The summed E-state index contributed by atoms with van der Waals surface area (Å²) in [5.74, 6) is 1.19. The Labute approximate surface area is 128 Å². The van der Waals surface area contributed by atoms with Crippen molar-refractivity contribution in [1.29, 1.82) is 0 Å². The van der Waals surface area contributed by atoms with Crippen LogP contribution in [0.1, 0.15) is 11.1 Å². The second-order valence-corrected chi connectivity index (χ2v) is 5.20. The van der Waals surface area contributed by atoms with E-state index in [1.807, 2.05) is 18.2 Å². The largest absolute Gasteiger partial charge is 0.492 e. The zero-order valence-corrected chi connectivity index (χ0v) is 12.4. The molecule has 0 aliphatic rings. The maximum Gasteiger partial charge on any atom is 0.222 e. The van der Waals surface area contributed by atoms with E-state index in [9.17, 15) is 0 Å². The van der Waals surface area contributed by atoms with Crippen LogP contribution in [0.2, 0.25) is 0 Å². The van der Waals surface area contributed by atoms with Crippen LogP contribution in [-0.4, -0.2) is 16.6 Å². The fourth-order valence-electron chi connectivity index (χ4n) is 2.35. The predicted molar refractivity (Wildman–Crippen MR) is 88.7 cm³/mol. The highest BCUT2D eigenvalue weighted by atomic mass is 16.5. The Bertz CT molecular complexity index is 800. The minimum absolute atomic E-state index is 0.168. The minimum atomic E-state index is 0.168. The summed E-state index contributed by atoms with van der Waals surface area (Å²) in [5, 5.41) is 0.709. The lowest BCUT2D eigenvalue weighted by Crippen LogP contribution is -2.05. The van der Waals surface area contributed by atoms with Crippen LogP contribution in [0.5, 0.6) is 5.75 Å². The van der Waals surface area contributed by atoms with Gasteiger partial charge in [0.05, 0.1) is 17.5 Å². The Balaban J connectivity index is 1.78. The van der Waals surface area contributed by atoms with E-state index < -0.39 is 0 Å². The van der Waals surface area contributed by atoms with E-state index in [-0.39, 0.29) is 5.95 Å². The van der Waals surface area contributed by atoms with Crippen LogP contribution in [-0.2, 0) is 6.42 Å². The first-order valence-electron chi connectivity index (χ1n) is 7.13. The van der Waals surface area contributed by atoms with Gasteiger partial charge < -0.3 is 16.2 Å². The highest BCUT2D eigenvalue weighted by Crippen LogP contribution is 2.29. The molecule has 5 nitrogen and oxygen atoms in total. The van der Waals surface area contributed by atoms with E-state index >= 15 is 0 Å². The van der Waals surface area contributed by atoms with Gasteiger partial charge in [-0.3, -0.25) is 0 Å². The SMILES string of the molecule is Cc1ccc(CCOc2cccc3nc(N)nc(N)c23)cc1. The number of aryl methyl sites for hydroxylation is 1. The molecule has 0 radical (unpaired) electrons. The number of ether oxygens (including phenoxy) is 1. The van der Waals surface area contributed by atoms with Crippen LogP contribution in [0, 0.1) is 6.92 Å². The van der Waals surface area contributed by atoms with E-state index in [1.165, 1.54) is 11.1 Å². The number of aromatic nitrogens is 2. The van der Waals surface area contributed by atoms with E-state index in [0.29, 0.717) is 29.1 Å². The highest BCUT2D eigenvalue weighted by Gasteiger charge is 2.09. The molecule has 112 valence electrons. The van der Waals surface area contributed by atoms with Gasteiger partial charge in [0, 0.05) is 6.42 Å². The molecule has 2 aromatic carbocycles. The smallest absolute Gasteiger partial charge is 0.222 e. The highest BCUT2D eigenvalue weighted by molar-refractivity contribution is 5.94. The third-order valence-corrected chi connectivity index (χ3v) is 3.50. The van der Waals surface area contributed by atoms with Crippen LogP contribution in [0.4, 0.5) is 11.8 Å². The van der Waals surface area contributed by atoms with Crippen molar-refractivity contribution in [3.8, 4) is 5.75 Å². The van der Waals surface area contributed by atoms with Crippen molar-refractivity contribution in [2.45, 2.75) is 13.3 Å². The molecule has 0 fully saturated rings. The summed E-state index contributed by atoms with van der Waals surface area (Å²) in [4.78, 5) is 8.18. The number of nitrogens with two attached hydrogens (primary N) is 2. The third kappa shape index (κ3) is 2.93. The quantitative estimate of drug-likeness (QED) is 0.772. The Morgan fingerprint density at radius 3 is 2.55 bits per heavy atom. The summed E-state index contributed by atoms with van der Waals surface area (Å²) in [6.45, 7) is 2.64. The molecule has 0 aliphatic heterocycles. The molecule has 0 spiro atoms. The van der Waals surface area contributed by atoms with Gasteiger partial charge in [0.25, 0.3) is 0 Å². The number of rotatable bonds is 4. The molecule has 22 heavy (non-hydrogen) atoms. The molecule has 3 aromatic rings. The molecule has 0 aliphatic carbocycles. The van der Waals surface area contributed by atoms with Gasteiger partial charge in [-0.05, 0) is 24.6 Å². The maximum atomic E-state index is 5.95. The predicted octanol–water partition coefficient (Wildman–Crippen LogP) is 2.72. The monoisotopic (exact) mass is 294 g/mol. The molecule has 5 heteroatoms. The molecular formula is C17H18N4O. The Morgan fingerprint density at radius 2 is 1.77 bits per heavy atom. The number of hydrogen-bond donors (Lipinski definition) is 2. The van der Waals surface area contributed by atoms with Crippen LogP contribution < -0.4 is 16.2 Å². The van der Waals surface area contributed by atoms with Gasteiger partial charge >= 0.3 is 0 Å². The molecular weight excluding hydrogens is 276 g/mol. The Kier molecular flexibility index (Phi) is 3.78. The van der Waals surface area contributed by atoms with Crippen molar-refractivity contribution in [2.75, 3.05) is 18.1 Å². The average molecular weight is 294 g/mol. The topological polar surface area (TPSA) is 87.0 Å². The van der Waals surface area contributed by atoms with E-state index in [0.717, 1.165) is 6.42 Å². The van der Waals surface area contributed by atoms with Crippen molar-refractivity contribution >= 4 is 22.7 Å². The van der Waals surface area contributed by atoms with Gasteiger partial charge in [0.1, 0.15) is 11.6 Å². The van der Waals surface area contributed by atoms with E-state index in [1.54, 1.807) is 0 Å². The first-order valence-corrected chi connectivity index (χ1v) is 7.13. The summed E-state index contributed by atoms with van der Waals surface area (Å²) in [7, 11) is 0. The second kappa shape index (κ2) is 5.89. The minimum Gasteiger partial charge on any atom is -0.492 e. The lowest BCUT2D eigenvalue weighted by molar-refractivity contribution is 0.326. The molecule has 0 saturated heterocycles. The fourth-order valence-corrected chi connectivity index (χ4v) is 2.35. The van der Waals surface area contributed by atoms with Gasteiger partial charge in [-0.25, -0.2) is 4.98 Å². The Hall–Kier alpha value is -2.82. The maximum absolute atomic E-state index is 5.95. The molecule has 0 amide bonds. The van der Waals surface area contributed by atoms with Crippen molar-refractivity contribution in [2.24, 2.45) is 0 Å². The van der Waals surface area contributed by atoms with Crippen molar-refractivity contribution in [3.05, 3.63) is 53.6 Å². The summed E-state index contributed by atoms with van der Waals surface area (Å²) >= 11 is 0. The fraction of sp³-hybridized carbons (Fsp3) is 0.176. The molecule has 0 bridgehead atoms. The summed E-state index contributed by atoms with van der Waals surface area (Å²) in [5.41, 5.74) is 14.7. The van der Waals surface area contributed by atoms with Gasteiger partial charge in [-0.2, -0.15) is 4.98 Å². The average Bonchev–Trinajstić information content (AvgIpc) is 2.49. The van der Waals surface area contributed by atoms with Crippen LogP contribution in [0.25, 0.3) is 10.9 Å². The standard InChI is InChI=1S/C17H18N4O/c1-11-5-7-12(8-6-11)9-10-22-14-4-2-3-13-15(14)16(18)21-17(19)20-13/h2-8H,9-10H2,1H3,(H4,18,19,20,21). The number of benzene rings is 2. The van der Waals surface area contributed by atoms with Crippen molar-refractivity contribution in [3.63, 3.8) is 0 Å². The first kappa shape index (κ1) is 14.1. The normalized spacial score (nSPS) is 10.8. The van der Waals surface area contributed by atoms with Gasteiger partial charge in [0.15, 0.2) is 0 Å². The lowest BCUT2D eigenvalue weighted by atomic mass is 10.1. The Morgan fingerprint density at radius 1 is 1.00 bits per heavy atom. The van der Waals surface area contributed by atoms with Crippen molar-refractivity contribution in [1.82, 2.24) is 9.97 Å². The van der Waals surface area contributed by atoms with E-state index in [4.69, 9.17) is 16.2 Å². The molecule has 4 N–H and O–H groups in total. The third-order valence-electron chi connectivity index (χ3n) is 3.50. The molecule has 0 saturated carbocycles. The van der Waals surface area contributed by atoms with Crippen molar-refractivity contribution < 1.29 is 4.74 Å². The number of hydrogen-bond acceptors (Lipinski definition) is 5. The van der Waals surface area contributed by atoms with Gasteiger partial charge in [-0.15, -0.1) is 0 Å². The molecule has 1 heterocycles. The van der Waals surface area contributed by atoms with Gasteiger partial charge in [-0.1, -0.05) is 35.9 Å². The van der Waals surface area contributed by atoms with Crippen LogP contribution in [0.15, 0.2) is 42.5 Å². The molecule has 3 rings (SSSR count). The zero-order valence-electron chi connectivity index (χ0n) is 12.4. The van der Waals surface area contributed by atoms with E-state index in [2.05, 4.69) is 41.2 Å². The summed E-state index contributed by atoms with van der Waals surface area (Å²) in [6, 6.07) is 14.0. The van der Waals surface area contributed by atoms with Gasteiger partial charge in [0.2, 0.25) is 5.95 Å². The molecule has 1 aromatic heterocycles. The zero-order chi connectivity index (χ0) is 15.5. The summed E-state index contributed by atoms with van der Waals surface area (Å²) in [6.07, 6.45) is 0.826. The van der Waals surface area contributed by atoms with Crippen LogP contribution in [0.3, 0.4) is 0 Å². The number of anilines is 2. The molecule has 0 unspecified atom stereocenters. The number of fused-ring (bicyclic) bond motifs is 1. The number of nitrogen functional groups attached to an aromatic ring is 2. The molecule has 0 atom stereocenters. The lowest BCUT2D eigenvalue weighted by Gasteiger charge is -2.10. The summed E-state index contributed by atoms with van der Waals surface area (Å²) < 4.78 is 5.87. The second-order valence-electron chi connectivity index (χ2n) is 5.20. The first-order chi connectivity index (χ1) is 10.6. The van der Waals surface area contributed by atoms with Crippen LogP contribution >= 0.6 is 0 Å².